The summed E-state index contributed by atoms with van der Waals surface area (Å²) >= 11 is 0. The summed E-state index contributed by atoms with van der Waals surface area (Å²) in [5.41, 5.74) is 3.09. The number of para-hydroxylation sites is 1. The highest BCUT2D eigenvalue weighted by Gasteiger charge is 2.32. The average molecular weight is 227 g/mol. The van der Waals surface area contributed by atoms with Gasteiger partial charge in [-0.3, -0.25) is 9.79 Å². The number of carbonyl (C=O) groups excluding carboxylic acids is 1. The Kier molecular flexibility index (Phi) is 2.97. The fourth-order valence-electron chi connectivity index (χ4n) is 2.04. The van der Waals surface area contributed by atoms with Crippen LogP contribution in [0.4, 0.5) is 5.69 Å². The van der Waals surface area contributed by atoms with Gasteiger partial charge in [-0.25, -0.2) is 0 Å². The van der Waals surface area contributed by atoms with E-state index in [1.54, 1.807) is 6.08 Å². The Balaban J connectivity index is 2.34. The first kappa shape index (κ1) is 11.8. The summed E-state index contributed by atoms with van der Waals surface area (Å²) in [6, 6.07) is 8.13. The van der Waals surface area contributed by atoms with Gasteiger partial charge in [-0.15, -0.1) is 0 Å². The van der Waals surface area contributed by atoms with E-state index in [0.717, 1.165) is 11.4 Å². The number of allylic oxidation sites excluding steroid dienone is 2. The van der Waals surface area contributed by atoms with Crippen molar-refractivity contribution in [2.45, 2.75) is 32.6 Å². The van der Waals surface area contributed by atoms with Crippen molar-refractivity contribution in [3.05, 3.63) is 42.0 Å². The van der Waals surface area contributed by atoms with Crippen molar-refractivity contribution in [2.75, 3.05) is 0 Å². The quantitative estimate of drug-likeness (QED) is 0.726. The lowest BCUT2D eigenvalue weighted by molar-refractivity contribution is -0.114. The number of nitrogens with zero attached hydrogens (tertiary/aromatic N) is 1. The molecule has 1 aromatic carbocycles. The molecule has 0 N–H and O–H groups in total. The van der Waals surface area contributed by atoms with Crippen molar-refractivity contribution < 1.29 is 4.79 Å². The third-order valence-electron chi connectivity index (χ3n) is 3.23. The molecule has 0 aromatic heterocycles. The van der Waals surface area contributed by atoms with E-state index in [0.29, 0.717) is 6.42 Å². The molecule has 1 aliphatic heterocycles. The zero-order valence-corrected chi connectivity index (χ0v) is 10.5. The maximum atomic E-state index is 11.3. The molecular formula is C15H17NO. The van der Waals surface area contributed by atoms with Crippen LogP contribution in [0.3, 0.4) is 0 Å². The smallest absolute Gasteiger partial charge is 0.155 e. The van der Waals surface area contributed by atoms with Crippen LogP contribution < -0.4 is 0 Å². The summed E-state index contributed by atoms with van der Waals surface area (Å²) in [5, 5.41) is 0. The molecule has 0 saturated heterocycles. The Labute approximate surface area is 102 Å². The van der Waals surface area contributed by atoms with Gasteiger partial charge in [0, 0.05) is 11.8 Å². The molecule has 2 nitrogen and oxygen atoms in total. The highest BCUT2D eigenvalue weighted by molar-refractivity contribution is 6.10. The third-order valence-corrected chi connectivity index (χ3v) is 3.23. The van der Waals surface area contributed by atoms with E-state index < -0.39 is 0 Å². The molecule has 17 heavy (non-hydrogen) atoms. The van der Waals surface area contributed by atoms with Gasteiger partial charge in [-0.05, 0) is 23.8 Å². The Morgan fingerprint density at radius 3 is 2.71 bits per heavy atom. The zero-order chi connectivity index (χ0) is 12.5. The number of benzene rings is 1. The number of rotatable bonds is 3. The number of hydrogen-bond donors (Lipinski definition) is 0. The number of hydrogen-bond acceptors (Lipinski definition) is 2. The highest BCUT2D eigenvalue weighted by Crippen LogP contribution is 2.39. The van der Waals surface area contributed by atoms with E-state index in [1.165, 1.54) is 5.56 Å². The minimum absolute atomic E-state index is 0.110. The van der Waals surface area contributed by atoms with E-state index in [1.807, 2.05) is 31.2 Å². The second kappa shape index (κ2) is 4.28. The van der Waals surface area contributed by atoms with E-state index in [-0.39, 0.29) is 11.2 Å². The van der Waals surface area contributed by atoms with Gasteiger partial charge in [0.25, 0.3) is 0 Å². The first-order chi connectivity index (χ1) is 8.05. The lowest BCUT2D eigenvalue weighted by atomic mass is 9.81. The van der Waals surface area contributed by atoms with Crippen LogP contribution in [0, 0.1) is 0 Å². The van der Waals surface area contributed by atoms with E-state index in [2.05, 4.69) is 24.9 Å². The lowest BCUT2D eigenvalue weighted by Crippen LogP contribution is -2.23. The van der Waals surface area contributed by atoms with Crippen molar-refractivity contribution in [1.29, 1.82) is 0 Å². The molecule has 88 valence electrons. The van der Waals surface area contributed by atoms with Crippen molar-refractivity contribution in [1.82, 2.24) is 0 Å². The Hall–Kier alpha value is -1.70. The third kappa shape index (κ3) is 2.07. The first-order valence-corrected chi connectivity index (χ1v) is 5.95. The molecule has 0 spiro atoms. The van der Waals surface area contributed by atoms with Gasteiger partial charge in [-0.2, -0.15) is 0 Å². The monoisotopic (exact) mass is 227 g/mol. The molecule has 0 aliphatic carbocycles. The summed E-state index contributed by atoms with van der Waals surface area (Å²) in [7, 11) is 0. The molecule has 1 heterocycles. The first-order valence-electron chi connectivity index (χ1n) is 5.95. The van der Waals surface area contributed by atoms with E-state index in [4.69, 9.17) is 0 Å². The predicted molar refractivity (Wildman–Crippen MR) is 71.0 cm³/mol. The van der Waals surface area contributed by atoms with Gasteiger partial charge in [0.1, 0.15) is 0 Å². The lowest BCUT2D eigenvalue weighted by Gasteiger charge is -2.19. The van der Waals surface area contributed by atoms with E-state index >= 15 is 0 Å². The molecule has 0 bridgehead atoms. The maximum absolute atomic E-state index is 11.3. The second-order valence-electron chi connectivity index (χ2n) is 4.79. The summed E-state index contributed by atoms with van der Waals surface area (Å²) < 4.78 is 0. The molecular weight excluding hydrogens is 210 g/mol. The molecule has 0 atom stereocenters. The van der Waals surface area contributed by atoms with Crippen molar-refractivity contribution >= 4 is 17.2 Å². The van der Waals surface area contributed by atoms with Gasteiger partial charge in [0.05, 0.1) is 11.4 Å². The summed E-state index contributed by atoms with van der Waals surface area (Å²) in [6.45, 7) is 6.14. The molecule has 0 fully saturated rings. The minimum Gasteiger partial charge on any atom is -0.295 e. The minimum atomic E-state index is -0.110. The van der Waals surface area contributed by atoms with Crippen LogP contribution >= 0.6 is 0 Å². The Bertz CT molecular complexity index is 509. The molecule has 0 saturated carbocycles. The average Bonchev–Trinajstić information content (AvgIpc) is 2.58. The number of aliphatic imine (C=N–C) groups is 1. The fraction of sp³-hybridized carbons (Fsp3) is 0.333. The van der Waals surface area contributed by atoms with Crippen LogP contribution in [0.1, 0.15) is 32.8 Å². The highest BCUT2D eigenvalue weighted by atomic mass is 16.1. The molecule has 1 aromatic rings. The van der Waals surface area contributed by atoms with Crippen LogP contribution in [0.25, 0.3) is 0 Å². The number of fused-ring (bicyclic) bond motifs is 1. The SMILES string of the molecule is CCC(=O)/C=C/C1=Nc2ccccc2C1(C)C. The van der Waals surface area contributed by atoms with Gasteiger partial charge >= 0.3 is 0 Å². The van der Waals surface area contributed by atoms with Crippen molar-refractivity contribution in [3.8, 4) is 0 Å². The normalized spacial score (nSPS) is 17.0. The second-order valence-corrected chi connectivity index (χ2v) is 4.79. The summed E-state index contributed by atoms with van der Waals surface area (Å²) in [4.78, 5) is 15.9. The van der Waals surface area contributed by atoms with Crippen LogP contribution in [-0.4, -0.2) is 11.5 Å². The molecule has 0 radical (unpaired) electrons. The topological polar surface area (TPSA) is 29.4 Å². The molecule has 0 unspecified atom stereocenters. The van der Waals surface area contributed by atoms with Crippen LogP contribution in [0.2, 0.25) is 0 Å². The molecule has 0 amide bonds. The van der Waals surface area contributed by atoms with E-state index in [9.17, 15) is 4.79 Å². The molecule has 1 aliphatic rings. The largest absolute Gasteiger partial charge is 0.295 e. The van der Waals surface area contributed by atoms with Gasteiger partial charge < -0.3 is 0 Å². The summed E-state index contributed by atoms with van der Waals surface area (Å²) in [6.07, 6.45) is 4.02. The Morgan fingerprint density at radius 2 is 2.06 bits per heavy atom. The summed E-state index contributed by atoms with van der Waals surface area (Å²) in [5.74, 6) is 0.138. The van der Waals surface area contributed by atoms with Gasteiger partial charge in [-0.1, -0.05) is 39.0 Å². The fourth-order valence-corrected chi connectivity index (χ4v) is 2.04. The standard InChI is InChI=1S/C15H17NO/c1-4-11(17)9-10-14-15(2,3)12-7-5-6-8-13(12)16-14/h5-10H,4H2,1-3H3/b10-9+. The zero-order valence-electron chi connectivity index (χ0n) is 10.5. The van der Waals surface area contributed by atoms with Gasteiger partial charge in [0.15, 0.2) is 5.78 Å². The van der Waals surface area contributed by atoms with Crippen LogP contribution in [0.5, 0.6) is 0 Å². The van der Waals surface area contributed by atoms with Crippen molar-refractivity contribution in [2.24, 2.45) is 4.99 Å². The molecule has 2 rings (SSSR count). The number of carbonyl (C=O) groups is 1. The Morgan fingerprint density at radius 1 is 1.35 bits per heavy atom. The maximum Gasteiger partial charge on any atom is 0.155 e. The molecule has 2 heteroatoms. The van der Waals surface area contributed by atoms with Crippen LogP contribution in [0.15, 0.2) is 41.4 Å². The van der Waals surface area contributed by atoms with Gasteiger partial charge in [0.2, 0.25) is 0 Å². The van der Waals surface area contributed by atoms with Crippen LogP contribution in [-0.2, 0) is 10.2 Å². The van der Waals surface area contributed by atoms with Crippen molar-refractivity contribution in [3.63, 3.8) is 0 Å². The number of ketones is 1. The predicted octanol–water partition coefficient (Wildman–Crippen LogP) is 3.59.